The molecule has 2 amide bonds. The maximum atomic E-state index is 12.7. The van der Waals surface area contributed by atoms with Gasteiger partial charge < -0.3 is 15.1 Å². The van der Waals surface area contributed by atoms with Gasteiger partial charge in [0.15, 0.2) is 6.61 Å². The lowest BCUT2D eigenvalue weighted by atomic mass is 10.2. The van der Waals surface area contributed by atoms with Crippen LogP contribution in [0.25, 0.3) is 0 Å². The first-order valence-corrected chi connectivity index (χ1v) is 7.48. The SMILES string of the molecule is CN(C)C(=O)c1ccc(NC(=O)CO/N=C/c2ccc(F)cc2)cc1. The Labute approximate surface area is 144 Å². The summed E-state index contributed by atoms with van der Waals surface area (Å²) < 4.78 is 12.7. The Bertz CT molecular complexity index is 756. The number of hydrogen-bond donors (Lipinski definition) is 1. The van der Waals surface area contributed by atoms with Crippen LogP contribution in [-0.4, -0.2) is 43.6 Å². The van der Waals surface area contributed by atoms with Gasteiger partial charge in [-0.05, 0) is 42.0 Å². The van der Waals surface area contributed by atoms with Crippen molar-refractivity contribution in [2.24, 2.45) is 5.16 Å². The second-order valence-electron chi connectivity index (χ2n) is 5.38. The van der Waals surface area contributed by atoms with Crippen LogP contribution in [-0.2, 0) is 9.63 Å². The molecule has 25 heavy (non-hydrogen) atoms. The van der Waals surface area contributed by atoms with Gasteiger partial charge in [0.1, 0.15) is 5.82 Å². The normalized spacial score (nSPS) is 10.5. The van der Waals surface area contributed by atoms with E-state index in [0.717, 1.165) is 0 Å². The van der Waals surface area contributed by atoms with E-state index < -0.39 is 0 Å². The highest BCUT2D eigenvalue weighted by molar-refractivity contribution is 5.95. The third-order valence-corrected chi connectivity index (χ3v) is 3.16. The fraction of sp³-hybridized carbons (Fsp3) is 0.167. The van der Waals surface area contributed by atoms with Crippen LogP contribution in [0.3, 0.4) is 0 Å². The molecule has 0 aliphatic heterocycles. The van der Waals surface area contributed by atoms with Gasteiger partial charge in [-0.3, -0.25) is 9.59 Å². The molecule has 6 nitrogen and oxygen atoms in total. The number of halogens is 1. The molecule has 0 saturated carbocycles. The minimum atomic E-state index is -0.386. The first kappa shape index (κ1) is 18.1. The van der Waals surface area contributed by atoms with Crippen molar-refractivity contribution in [1.82, 2.24) is 4.90 Å². The fourth-order valence-corrected chi connectivity index (χ4v) is 1.89. The first-order chi connectivity index (χ1) is 12.0. The summed E-state index contributed by atoms with van der Waals surface area (Å²) >= 11 is 0. The highest BCUT2D eigenvalue weighted by atomic mass is 19.1. The van der Waals surface area contributed by atoms with Crippen molar-refractivity contribution in [2.45, 2.75) is 0 Å². The Balaban J connectivity index is 1.80. The Morgan fingerprint density at radius 2 is 1.76 bits per heavy atom. The predicted molar refractivity (Wildman–Crippen MR) is 93.0 cm³/mol. The topological polar surface area (TPSA) is 71.0 Å². The number of oxime groups is 1. The second-order valence-corrected chi connectivity index (χ2v) is 5.38. The van der Waals surface area contributed by atoms with E-state index in [-0.39, 0.29) is 24.2 Å². The van der Waals surface area contributed by atoms with Gasteiger partial charge >= 0.3 is 0 Å². The van der Waals surface area contributed by atoms with E-state index in [0.29, 0.717) is 16.8 Å². The van der Waals surface area contributed by atoms with Crippen LogP contribution in [0.15, 0.2) is 53.7 Å². The molecule has 0 aliphatic carbocycles. The molecule has 0 atom stereocenters. The highest BCUT2D eigenvalue weighted by Gasteiger charge is 2.08. The van der Waals surface area contributed by atoms with Crippen molar-refractivity contribution < 1.29 is 18.8 Å². The quantitative estimate of drug-likeness (QED) is 0.647. The summed E-state index contributed by atoms with van der Waals surface area (Å²) in [7, 11) is 3.34. The van der Waals surface area contributed by atoms with Gasteiger partial charge in [0, 0.05) is 25.3 Å². The van der Waals surface area contributed by atoms with E-state index in [2.05, 4.69) is 10.5 Å². The van der Waals surface area contributed by atoms with Gasteiger partial charge in [-0.25, -0.2) is 4.39 Å². The molecule has 130 valence electrons. The zero-order chi connectivity index (χ0) is 18.2. The molecule has 0 bridgehead atoms. The molecule has 2 aromatic rings. The Morgan fingerprint density at radius 1 is 1.12 bits per heavy atom. The molecule has 0 radical (unpaired) electrons. The van der Waals surface area contributed by atoms with Crippen LogP contribution < -0.4 is 5.32 Å². The molecular formula is C18H18FN3O3. The van der Waals surface area contributed by atoms with E-state index in [9.17, 15) is 14.0 Å². The van der Waals surface area contributed by atoms with Crippen molar-refractivity contribution in [3.05, 3.63) is 65.5 Å². The molecule has 0 aliphatic rings. The summed E-state index contributed by atoms with van der Waals surface area (Å²) in [5, 5.41) is 6.28. The Kier molecular flexibility index (Phi) is 6.22. The maximum absolute atomic E-state index is 12.7. The minimum absolute atomic E-state index is 0.114. The van der Waals surface area contributed by atoms with Crippen LogP contribution in [0.4, 0.5) is 10.1 Å². The van der Waals surface area contributed by atoms with E-state index in [1.807, 2.05) is 0 Å². The second kappa shape index (κ2) is 8.58. The summed E-state index contributed by atoms with van der Waals surface area (Å²) in [5.41, 5.74) is 1.73. The highest BCUT2D eigenvalue weighted by Crippen LogP contribution is 2.10. The number of benzene rings is 2. The van der Waals surface area contributed by atoms with Crippen LogP contribution in [0.5, 0.6) is 0 Å². The van der Waals surface area contributed by atoms with Crippen molar-refractivity contribution in [1.29, 1.82) is 0 Å². The molecule has 0 unspecified atom stereocenters. The third kappa shape index (κ3) is 5.72. The zero-order valence-corrected chi connectivity index (χ0v) is 13.9. The van der Waals surface area contributed by atoms with Crippen molar-refractivity contribution in [2.75, 3.05) is 26.0 Å². The standard InChI is InChI=1S/C18H18FN3O3/c1-22(2)18(24)14-5-9-16(10-6-14)21-17(23)12-25-20-11-13-3-7-15(19)8-4-13/h3-11H,12H2,1-2H3,(H,21,23)/b20-11+. The van der Waals surface area contributed by atoms with Crippen LogP contribution in [0, 0.1) is 5.82 Å². The van der Waals surface area contributed by atoms with Gasteiger partial charge in [0.05, 0.1) is 6.21 Å². The summed E-state index contributed by atoms with van der Waals surface area (Å²) in [4.78, 5) is 29.9. The molecule has 0 fully saturated rings. The average Bonchev–Trinajstić information content (AvgIpc) is 2.60. The van der Waals surface area contributed by atoms with Gasteiger partial charge in [0.2, 0.25) is 0 Å². The lowest BCUT2D eigenvalue weighted by Crippen LogP contribution is -2.21. The Morgan fingerprint density at radius 3 is 2.36 bits per heavy atom. The van der Waals surface area contributed by atoms with Gasteiger partial charge in [-0.15, -0.1) is 0 Å². The molecule has 2 rings (SSSR count). The van der Waals surface area contributed by atoms with Crippen molar-refractivity contribution in [3.8, 4) is 0 Å². The largest absolute Gasteiger partial charge is 0.386 e. The van der Waals surface area contributed by atoms with E-state index in [1.54, 1.807) is 50.5 Å². The Hall–Kier alpha value is -3.22. The minimum Gasteiger partial charge on any atom is -0.386 e. The third-order valence-electron chi connectivity index (χ3n) is 3.16. The van der Waals surface area contributed by atoms with Gasteiger partial charge in [0.25, 0.3) is 11.8 Å². The molecular weight excluding hydrogens is 325 g/mol. The molecule has 0 heterocycles. The number of carbonyl (C=O) groups excluding carboxylic acids is 2. The number of anilines is 1. The first-order valence-electron chi connectivity index (χ1n) is 7.48. The molecule has 2 aromatic carbocycles. The van der Waals surface area contributed by atoms with E-state index in [4.69, 9.17) is 4.84 Å². The average molecular weight is 343 g/mol. The van der Waals surface area contributed by atoms with E-state index in [1.165, 1.54) is 23.2 Å². The number of nitrogens with one attached hydrogen (secondary N) is 1. The summed E-state index contributed by atoms with van der Waals surface area (Å²) in [6.45, 7) is -0.268. The van der Waals surface area contributed by atoms with Gasteiger partial charge in [-0.2, -0.15) is 0 Å². The maximum Gasteiger partial charge on any atom is 0.265 e. The number of nitrogens with zero attached hydrogens (tertiary/aromatic N) is 2. The number of carbonyl (C=O) groups is 2. The lowest BCUT2D eigenvalue weighted by molar-refractivity contribution is -0.120. The summed E-state index contributed by atoms with van der Waals surface area (Å²) in [5.74, 6) is -0.838. The summed E-state index contributed by atoms with van der Waals surface area (Å²) in [6, 6.07) is 12.2. The van der Waals surface area contributed by atoms with E-state index >= 15 is 0 Å². The summed E-state index contributed by atoms with van der Waals surface area (Å²) in [6.07, 6.45) is 1.38. The molecule has 7 heteroatoms. The predicted octanol–water partition coefficient (Wildman–Crippen LogP) is 2.52. The fourth-order valence-electron chi connectivity index (χ4n) is 1.89. The van der Waals surface area contributed by atoms with Crippen molar-refractivity contribution >= 4 is 23.7 Å². The molecule has 0 saturated heterocycles. The van der Waals surface area contributed by atoms with Crippen molar-refractivity contribution in [3.63, 3.8) is 0 Å². The molecule has 1 N–H and O–H groups in total. The zero-order valence-electron chi connectivity index (χ0n) is 13.9. The number of rotatable bonds is 6. The van der Waals surface area contributed by atoms with Crippen LogP contribution >= 0.6 is 0 Å². The molecule has 0 spiro atoms. The smallest absolute Gasteiger partial charge is 0.265 e. The molecule has 0 aromatic heterocycles. The van der Waals surface area contributed by atoms with Crippen LogP contribution in [0.1, 0.15) is 15.9 Å². The van der Waals surface area contributed by atoms with Gasteiger partial charge in [-0.1, -0.05) is 17.3 Å². The number of hydrogen-bond acceptors (Lipinski definition) is 4. The van der Waals surface area contributed by atoms with Crippen LogP contribution in [0.2, 0.25) is 0 Å². The lowest BCUT2D eigenvalue weighted by Gasteiger charge is -2.10. The number of amides is 2. The monoisotopic (exact) mass is 343 g/mol.